The molecule has 0 N–H and O–H groups in total. The summed E-state index contributed by atoms with van der Waals surface area (Å²) in [6.07, 6.45) is 2.63. The molecular weight excluding hydrogens is 488 g/mol. The maximum Gasteiger partial charge on any atom is 0.266 e. The van der Waals surface area contributed by atoms with Gasteiger partial charge in [0, 0.05) is 11.0 Å². The number of hydrogen-bond acceptors (Lipinski definition) is 5. The van der Waals surface area contributed by atoms with Crippen molar-refractivity contribution in [3.63, 3.8) is 0 Å². The standard InChI is InChI=1S/C25H19BrN2O3S/c26-20-15-22-21(30-16-31-22)13-18(20)14-23-24(29)28(12-11-17-7-3-1-4-8-17)25(32-23)27-19-9-5-2-6-10-19/h1-10,13-15H,11-12,16H2/b23-14+,27-25?. The molecule has 1 fully saturated rings. The molecule has 2 aliphatic heterocycles. The van der Waals surface area contributed by atoms with Crippen molar-refractivity contribution in [2.75, 3.05) is 13.3 Å². The molecule has 0 radical (unpaired) electrons. The molecule has 0 saturated carbocycles. The molecule has 7 heteroatoms. The van der Waals surface area contributed by atoms with E-state index < -0.39 is 0 Å². The van der Waals surface area contributed by atoms with Crippen LogP contribution in [-0.4, -0.2) is 29.3 Å². The Labute approximate surface area is 198 Å². The molecule has 2 heterocycles. The number of amides is 1. The van der Waals surface area contributed by atoms with E-state index in [2.05, 4.69) is 28.1 Å². The van der Waals surface area contributed by atoms with Gasteiger partial charge in [0.1, 0.15) is 0 Å². The van der Waals surface area contributed by atoms with Gasteiger partial charge < -0.3 is 9.47 Å². The van der Waals surface area contributed by atoms with E-state index in [4.69, 9.17) is 14.5 Å². The number of benzene rings is 3. The van der Waals surface area contributed by atoms with E-state index in [0.29, 0.717) is 28.1 Å². The maximum atomic E-state index is 13.4. The zero-order chi connectivity index (χ0) is 21.9. The summed E-state index contributed by atoms with van der Waals surface area (Å²) < 4.78 is 11.8. The molecule has 1 saturated heterocycles. The van der Waals surface area contributed by atoms with Gasteiger partial charge >= 0.3 is 0 Å². The van der Waals surface area contributed by atoms with Crippen molar-refractivity contribution in [1.82, 2.24) is 4.90 Å². The summed E-state index contributed by atoms with van der Waals surface area (Å²) in [6, 6.07) is 23.6. The summed E-state index contributed by atoms with van der Waals surface area (Å²) in [5.74, 6) is 1.32. The first kappa shape index (κ1) is 20.8. The molecule has 0 unspecified atom stereocenters. The van der Waals surface area contributed by atoms with Crippen molar-refractivity contribution in [1.29, 1.82) is 0 Å². The van der Waals surface area contributed by atoms with Crippen LogP contribution in [0.5, 0.6) is 11.5 Å². The monoisotopic (exact) mass is 506 g/mol. The lowest BCUT2D eigenvalue weighted by Crippen LogP contribution is -2.31. The topological polar surface area (TPSA) is 51.1 Å². The van der Waals surface area contributed by atoms with Gasteiger partial charge in [0.2, 0.25) is 6.79 Å². The van der Waals surface area contributed by atoms with Crippen LogP contribution in [0.3, 0.4) is 0 Å². The second kappa shape index (κ2) is 9.22. The van der Waals surface area contributed by atoms with E-state index in [-0.39, 0.29) is 12.7 Å². The largest absolute Gasteiger partial charge is 0.454 e. The summed E-state index contributed by atoms with van der Waals surface area (Å²) in [5, 5.41) is 0.681. The molecule has 5 rings (SSSR count). The van der Waals surface area contributed by atoms with Gasteiger partial charge in [0.15, 0.2) is 16.7 Å². The third kappa shape index (κ3) is 4.45. The van der Waals surface area contributed by atoms with Crippen molar-refractivity contribution in [3.05, 3.63) is 93.3 Å². The second-order valence-corrected chi connectivity index (χ2v) is 9.12. The maximum absolute atomic E-state index is 13.4. The van der Waals surface area contributed by atoms with Gasteiger partial charge in [0.25, 0.3) is 5.91 Å². The molecule has 0 aromatic heterocycles. The zero-order valence-electron chi connectivity index (χ0n) is 17.0. The van der Waals surface area contributed by atoms with Crippen LogP contribution in [0.2, 0.25) is 0 Å². The van der Waals surface area contributed by atoms with Crippen molar-refractivity contribution in [2.45, 2.75) is 6.42 Å². The summed E-state index contributed by atoms with van der Waals surface area (Å²) >= 11 is 4.97. The third-order valence-corrected chi connectivity index (χ3v) is 6.81. The summed E-state index contributed by atoms with van der Waals surface area (Å²) in [6.45, 7) is 0.762. The number of para-hydroxylation sites is 1. The molecule has 1 amide bonds. The first-order valence-electron chi connectivity index (χ1n) is 10.2. The molecule has 0 bridgehead atoms. The highest BCUT2D eigenvalue weighted by Gasteiger charge is 2.33. The molecule has 5 nitrogen and oxygen atoms in total. The number of hydrogen-bond donors (Lipinski definition) is 0. The minimum absolute atomic E-state index is 0.0508. The fraction of sp³-hybridized carbons (Fsp3) is 0.120. The van der Waals surface area contributed by atoms with Gasteiger partial charge in [-0.15, -0.1) is 0 Å². The first-order valence-corrected chi connectivity index (χ1v) is 11.8. The molecule has 3 aromatic carbocycles. The van der Waals surface area contributed by atoms with Crippen LogP contribution in [0.25, 0.3) is 6.08 Å². The highest BCUT2D eigenvalue weighted by molar-refractivity contribution is 9.10. The summed E-state index contributed by atoms with van der Waals surface area (Å²) in [7, 11) is 0. The van der Waals surface area contributed by atoms with Crippen LogP contribution in [0, 0.1) is 0 Å². The number of halogens is 1. The Bertz CT molecular complexity index is 1210. The summed E-state index contributed by atoms with van der Waals surface area (Å²) in [5.41, 5.74) is 2.85. The van der Waals surface area contributed by atoms with Crippen LogP contribution >= 0.6 is 27.7 Å². The number of thioether (sulfide) groups is 1. The SMILES string of the molecule is O=C1/C(=C\c2cc3c(cc2Br)OCO3)SC(=Nc2ccccc2)N1CCc1ccccc1. The lowest BCUT2D eigenvalue weighted by atomic mass is 10.1. The second-order valence-electron chi connectivity index (χ2n) is 7.26. The fourth-order valence-corrected chi connectivity index (χ4v) is 4.92. The lowest BCUT2D eigenvalue weighted by Gasteiger charge is -2.15. The number of carbonyl (C=O) groups is 1. The molecule has 0 aliphatic carbocycles. The van der Waals surface area contributed by atoms with Crippen molar-refractivity contribution >= 4 is 50.5 Å². The Morgan fingerprint density at radius 2 is 1.69 bits per heavy atom. The van der Waals surface area contributed by atoms with E-state index in [1.54, 1.807) is 4.90 Å². The summed E-state index contributed by atoms with van der Waals surface area (Å²) in [4.78, 5) is 20.5. The minimum atomic E-state index is -0.0508. The van der Waals surface area contributed by atoms with E-state index in [1.165, 1.54) is 17.3 Å². The number of ether oxygens (including phenoxy) is 2. The normalized spacial score (nSPS) is 17.5. The van der Waals surface area contributed by atoms with Crippen LogP contribution in [0.1, 0.15) is 11.1 Å². The average Bonchev–Trinajstić information content (AvgIpc) is 3.38. The first-order chi connectivity index (χ1) is 15.7. The average molecular weight is 507 g/mol. The van der Waals surface area contributed by atoms with Crippen LogP contribution in [0.15, 0.2) is 87.2 Å². The molecule has 32 heavy (non-hydrogen) atoms. The molecule has 3 aromatic rings. The number of amidine groups is 1. The van der Waals surface area contributed by atoms with Gasteiger partial charge in [-0.3, -0.25) is 9.69 Å². The lowest BCUT2D eigenvalue weighted by molar-refractivity contribution is -0.122. The molecule has 0 atom stereocenters. The van der Waals surface area contributed by atoms with Crippen LogP contribution in [0.4, 0.5) is 5.69 Å². The molecule has 160 valence electrons. The minimum Gasteiger partial charge on any atom is -0.454 e. The molecular formula is C25H19BrN2O3S. The van der Waals surface area contributed by atoms with Crippen molar-refractivity contribution in [2.24, 2.45) is 4.99 Å². The third-order valence-electron chi connectivity index (χ3n) is 5.11. The molecule has 0 spiro atoms. The predicted octanol–water partition coefficient (Wildman–Crippen LogP) is 6.02. The Kier molecular flexibility index (Phi) is 6.01. The Hall–Kier alpha value is -3.03. The highest BCUT2D eigenvalue weighted by atomic mass is 79.9. The van der Waals surface area contributed by atoms with Crippen LogP contribution in [-0.2, 0) is 11.2 Å². The van der Waals surface area contributed by atoms with Crippen molar-refractivity contribution < 1.29 is 14.3 Å². The fourth-order valence-electron chi connectivity index (χ4n) is 3.47. The highest BCUT2D eigenvalue weighted by Crippen LogP contribution is 2.40. The quantitative estimate of drug-likeness (QED) is 0.396. The number of fused-ring (bicyclic) bond motifs is 1. The van der Waals surface area contributed by atoms with E-state index in [0.717, 1.165) is 22.1 Å². The van der Waals surface area contributed by atoms with Gasteiger partial charge in [-0.05, 0) is 59.7 Å². The number of rotatable bonds is 5. The Morgan fingerprint density at radius 3 is 2.44 bits per heavy atom. The van der Waals surface area contributed by atoms with Crippen molar-refractivity contribution in [3.8, 4) is 11.5 Å². The van der Waals surface area contributed by atoms with E-state index >= 15 is 0 Å². The number of aliphatic imine (C=N–C) groups is 1. The van der Waals surface area contributed by atoms with Gasteiger partial charge in [0.05, 0.1) is 10.6 Å². The zero-order valence-corrected chi connectivity index (χ0v) is 19.4. The number of carbonyl (C=O) groups excluding carboxylic acids is 1. The Morgan fingerprint density at radius 1 is 1.00 bits per heavy atom. The van der Waals surface area contributed by atoms with Gasteiger partial charge in [-0.2, -0.15) is 0 Å². The Balaban J connectivity index is 1.46. The van der Waals surface area contributed by atoms with Gasteiger partial charge in [-0.25, -0.2) is 4.99 Å². The molecule has 2 aliphatic rings. The predicted molar refractivity (Wildman–Crippen MR) is 131 cm³/mol. The number of nitrogens with zero attached hydrogens (tertiary/aromatic N) is 2. The van der Waals surface area contributed by atoms with Gasteiger partial charge in [-0.1, -0.05) is 64.5 Å². The van der Waals surface area contributed by atoms with E-state index in [1.807, 2.05) is 66.7 Å². The smallest absolute Gasteiger partial charge is 0.266 e. The van der Waals surface area contributed by atoms with E-state index in [9.17, 15) is 4.79 Å². The van der Waals surface area contributed by atoms with Crippen LogP contribution < -0.4 is 9.47 Å².